The molecular formula is C18H22N2O6. The normalized spacial score (nSPS) is 12.9. The summed E-state index contributed by atoms with van der Waals surface area (Å²) < 4.78 is 9.58. The quantitative estimate of drug-likeness (QED) is 0.365. The van der Waals surface area contributed by atoms with Crippen LogP contribution < -0.4 is 0 Å². The van der Waals surface area contributed by atoms with Gasteiger partial charge in [0.05, 0.1) is 24.7 Å². The number of benzene rings is 1. The van der Waals surface area contributed by atoms with Crippen LogP contribution in [0.15, 0.2) is 24.3 Å². The van der Waals surface area contributed by atoms with Gasteiger partial charge < -0.3 is 14.4 Å². The minimum atomic E-state index is -0.483. The fourth-order valence-corrected chi connectivity index (χ4v) is 2.71. The molecule has 140 valence electrons. The van der Waals surface area contributed by atoms with E-state index in [4.69, 9.17) is 4.74 Å². The van der Waals surface area contributed by atoms with Gasteiger partial charge in [-0.25, -0.2) is 0 Å². The van der Waals surface area contributed by atoms with Crippen LogP contribution in [0.4, 0.5) is 0 Å². The van der Waals surface area contributed by atoms with Crippen molar-refractivity contribution in [1.82, 2.24) is 9.80 Å². The van der Waals surface area contributed by atoms with Gasteiger partial charge in [0.2, 0.25) is 5.91 Å². The molecule has 1 aromatic carbocycles. The van der Waals surface area contributed by atoms with Gasteiger partial charge in [-0.3, -0.25) is 24.1 Å². The third-order valence-corrected chi connectivity index (χ3v) is 4.11. The van der Waals surface area contributed by atoms with E-state index in [9.17, 15) is 19.2 Å². The van der Waals surface area contributed by atoms with Gasteiger partial charge in [0.15, 0.2) is 0 Å². The summed E-state index contributed by atoms with van der Waals surface area (Å²) >= 11 is 0. The van der Waals surface area contributed by atoms with Crippen molar-refractivity contribution in [2.24, 2.45) is 0 Å². The Morgan fingerprint density at radius 1 is 1.04 bits per heavy atom. The third-order valence-electron chi connectivity index (χ3n) is 4.11. The van der Waals surface area contributed by atoms with Gasteiger partial charge in [0, 0.05) is 26.8 Å². The van der Waals surface area contributed by atoms with Gasteiger partial charge >= 0.3 is 5.97 Å². The molecule has 0 radical (unpaired) electrons. The molecule has 0 fully saturated rings. The lowest BCUT2D eigenvalue weighted by Gasteiger charge is -2.24. The van der Waals surface area contributed by atoms with E-state index in [0.29, 0.717) is 30.7 Å². The first-order valence-electron chi connectivity index (χ1n) is 8.28. The van der Waals surface area contributed by atoms with E-state index >= 15 is 0 Å². The Labute approximate surface area is 151 Å². The number of hydrogen-bond acceptors (Lipinski definition) is 6. The van der Waals surface area contributed by atoms with E-state index in [2.05, 4.69) is 4.74 Å². The number of ether oxygens (including phenoxy) is 2. The molecule has 8 nitrogen and oxygen atoms in total. The number of nitrogens with zero attached hydrogens (tertiary/aromatic N) is 2. The first-order chi connectivity index (χ1) is 12.5. The number of carbonyl (C=O) groups excluding carboxylic acids is 4. The second-order valence-corrected chi connectivity index (χ2v) is 5.80. The highest BCUT2D eigenvalue weighted by Crippen LogP contribution is 2.22. The van der Waals surface area contributed by atoms with Crippen molar-refractivity contribution in [1.29, 1.82) is 0 Å². The van der Waals surface area contributed by atoms with Crippen molar-refractivity contribution < 1.29 is 28.7 Å². The maximum atomic E-state index is 12.6. The number of rotatable bonds is 9. The maximum Gasteiger partial charge on any atom is 0.307 e. The highest BCUT2D eigenvalue weighted by molar-refractivity contribution is 6.22. The first kappa shape index (κ1) is 19.6. The van der Waals surface area contributed by atoms with Gasteiger partial charge in [0.25, 0.3) is 11.8 Å². The van der Waals surface area contributed by atoms with Crippen molar-refractivity contribution >= 4 is 23.7 Å². The van der Waals surface area contributed by atoms with Crippen LogP contribution in [0.2, 0.25) is 0 Å². The van der Waals surface area contributed by atoms with E-state index in [1.165, 1.54) is 12.0 Å². The summed E-state index contributed by atoms with van der Waals surface area (Å²) in [6, 6.07) is 6.47. The molecule has 3 amide bonds. The maximum absolute atomic E-state index is 12.6. The fourth-order valence-electron chi connectivity index (χ4n) is 2.71. The second kappa shape index (κ2) is 9.10. The average molecular weight is 362 g/mol. The van der Waals surface area contributed by atoms with Crippen molar-refractivity contribution in [3.05, 3.63) is 35.4 Å². The zero-order valence-corrected chi connectivity index (χ0v) is 14.9. The summed E-state index contributed by atoms with van der Waals surface area (Å²) in [6.07, 6.45) is 0.614. The lowest BCUT2D eigenvalue weighted by molar-refractivity contribution is -0.141. The predicted octanol–water partition coefficient (Wildman–Crippen LogP) is 0.711. The summed E-state index contributed by atoms with van der Waals surface area (Å²) in [5.41, 5.74) is 0.594. The van der Waals surface area contributed by atoms with E-state index in [1.807, 2.05) is 0 Å². The van der Waals surface area contributed by atoms with Crippen LogP contribution in [-0.2, 0) is 19.1 Å². The summed E-state index contributed by atoms with van der Waals surface area (Å²) in [7, 11) is 2.83. The molecule has 8 heteroatoms. The number of imide groups is 1. The summed E-state index contributed by atoms with van der Waals surface area (Å²) in [6.45, 7) is 0.598. The lowest BCUT2D eigenvalue weighted by Crippen LogP contribution is -2.44. The molecule has 1 aliphatic rings. The molecule has 1 heterocycles. The Kier molecular flexibility index (Phi) is 6.85. The van der Waals surface area contributed by atoms with Crippen molar-refractivity contribution in [2.75, 3.05) is 40.5 Å². The molecule has 26 heavy (non-hydrogen) atoms. The molecule has 0 aromatic heterocycles. The van der Waals surface area contributed by atoms with Gasteiger partial charge in [-0.2, -0.15) is 0 Å². The molecule has 2 rings (SSSR count). The molecule has 1 aromatic rings. The number of fused-ring (bicyclic) bond motifs is 1. The van der Waals surface area contributed by atoms with Crippen LogP contribution in [0.3, 0.4) is 0 Å². The molecule has 0 unspecified atom stereocenters. The van der Waals surface area contributed by atoms with E-state index in [1.54, 1.807) is 31.4 Å². The van der Waals surface area contributed by atoms with E-state index in [0.717, 1.165) is 4.90 Å². The highest BCUT2D eigenvalue weighted by Gasteiger charge is 2.37. The van der Waals surface area contributed by atoms with Crippen molar-refractivity contribution in [3.63, 3.8) is 0 Å². The minimum Gasteiger partial charge on any atom is -0.469 e. The Morgan fingerprint density at radius 3 is 2.19 bits per heavy atom. The second-order valence-electron chi connectivity index (χ2n) is 5.80. The molecule has 0 atom stereocenters. The molecule has 0 saturated heterocycles. The van der Waals surface area contributed by atoms with Crippen LogP contribution >= 0.6 is 0 Å². The zero-order valence-electron chi connectivity index (χ0n) is 14.9. The number of esters is 1. The molecule has 0 saturated carbocycles. The number of amides is 3. The zero-order chi connectivity index (χ0) is 19.1. The number of carbonyl (C=O) groups is 4. The van der Waals surface area contributed by atoms with Crippen LogP contribution in [0, 0.1) is 0 Å². The standard InChI is InChI=1S/C18H22N2O6/c1-25-11-5-9-19(10-8-16(22)26-2)15(21)12-20-17(23)13-6-3-4-7-14(13)18(20)24/h3-4,6-7H,5,8-12H2,1-2H3. The molecular weight excluding hydrogens is 340 g/mol. The summed E-state index contributed by atoms with van der Waals surface area (Å²) in [5.74, 6) is -1.80. The summed E-state index contributed by atoms with van der Waals surface area (Å²) in [4.78, 5) is 51.1. The SMILES string of the molecule is COCCCN(CCC(=O)OC)C(=O)CN1C(=O)c2ccccc2C1=O. The van der Waals surface area contributed by atoms with Crippen molar-refractivity contribution in [3.8, 4) is 0 Å². The van der Waals surface area contributed by atoms with Crippen LogP contribution in [0.1, 0.15) is 33.6 Å². The van der Waals surface area contributed by atoms with Gasteiger partial charge in [-0.05, 0) is 18.6 Å². The topological polar surface area (TPSA) is 93.2 Å². The summed E-state index contributed by atoms with van der Waals surface area (Å²) in [5, 5.41) is 0. The monoisotopic (exact) mass is 362 g/mol. The average Bonchev–Trinajstić information content (AvgIpc) is 2.89. The Balaban J connectivity index is 2.04. The Morgan fingerprint density at radius 2 is 1.65 bits per heavy atom. The fraction of sp³-hybridized carbons (Fsp3) is 0.444. The highest BCUT2D eigenvalue weighted by atomic mass is 16.5. The van der Waals surface area contributed by atoms with Gasteiger partial charge in [0.1, 0.15) is 6.54 Å². The van der Waals surface area contributed by atoms with Crippen LogP contribution in [-0.4, -0.2) is 74.0 Å². The van der Waals surface area contributed by atoms with E-state index in [-0.39, 0.29) is 19.5 Å². The molecule has 0 N–H and O–H groups in total. The molecule has 0 bridgehead atoms. The van der Waals surface area contributed by atoms with Crippen LogP contribution in [0.25, 0.3) is 0 Å². The van der Waals surface area contributed by atoms with Crippen molar-refractivity contribution in [2.45, 2.75) is 12.8 Å². The van der Waals surface area contributed by atoms with Gasteiger partial charge in [-0.15, -0.1) is 0 Å². The first-order valence-corrected chi connectivity index (χ1v) is 8.28. The van der Waals surface area contributed by atoms with Crippen LogP contribution in [0.5, 0.6) is 0 Å². The van der Waals surface area contributed by atoms with Gasteiger partial charge in [-0.1, -0.05) is 12.1 Å². The Bertz CT molecular complexity index is 668. The number of hydrogen-bond donors (Lipinski definition) is 0. The number of methoxy groups -OCH3 is 2. The third kappa shape index (κ3) is 4.45. The minimum absolute atomic E-state index is 0.0390. The lowest BCUT2D eigenvalue weighted by atomic mass is 10.1. The molecule has 0 spiro atoms. The molecule has 1 aliphatic heterocycles. The predicted molar refractivity (Wildman–Crippen MR) is 91.5 cm³/mol. The smallest absolute Gasteiger partial charge is 0.307 e. The Hall–Kier alpha value is -2.74. The van der Waals surface area contributed by atoms with E-state index < -0.39 is 23.7 Å². The largest absolute Gasteiger partial charge is 0.469 e. The molecule has 0 aliphatic carbocycles.